The summed E-state index contributed by atoms with van der Waals surface area (Å²) >= 11 is 0. The van der Waals surface area contributed by atoms with Gasteiger partial charge in [0.05, 0.1) is 5.69 Å². The zero-order valence-electron chi connectivity index (χ0n) is 13.8. The molecule has 0 aliphatic carbocycles. The highest BCUT2D eigenvalue weighted by Gasteiger charge is 2.62. The number of benzene rings is 1. The Morgan fingerprint density at radius 3 is 2.39 bits per heavy atom. The standard InChI is InChI=1S/C17H21N3O3/c1-16(2,3)18-14(22)17(20-10-9-13(20)21)11-7-5-6-8-12(11)19(4)15(17)23/h5-8H,9-10H2,1-4H3,(H,18,22). The summed E-state index contributed by atoms with van der Waals surface area (Å²) in [6, 6.07) is 7.15. The lowest BCUT2D eigenvalue weighted by atomic mass is 9.84. The third-order valence-corrected chi connectivity index (χ3v) is 4.34. The number of likely N-dealkylation sites (N-methyl/N-ethyl adjacent to an activating group) is 1. The van der Waals surface area contributed by atoms with Crippen LogP contribution in [0.1, 0.15) is 32.8 Å². The fourth-order valence-electron chi connectivity index (χ4n) is 3.24. The third-order valence-electron chi connectivity index (χ3n) is 4.34. The van der Waals surface area contributed by atoms with Gasteiger partial charge in [-0.15, -0.1) is 0 Å². The maximum Gasteiger partial charge on any atom is 0.267 e. The number of likely N-dealkylation sites (tertiary alicyclic amines) is 1. The van der Waals surface area contributed by atoms with Gasteiger partial charge in [0.25, 0.3) is 11.8 Å². The summed E-state index contributed by atoms with van der Waals surface area (Å²) in [6.45, 7) is 5.97. The maximum atomic E-state index is 13.1. The topological polar surface area (TPSA) is 69.7 Å². The van der Waals surface area contributed by atoms with E-state index in [1.807, 2.05) is 26.8 Å². The van der Waals surface area contributed by atoms with Crippen molar-refractivity contribution in [3.63, 3.8) is 0 Å². The number of β-lactam (4-membered cyclic amide) rings is 1. The minimum absolute atomic E-state index is 0.174. The summed E-state index contributed by atoms with van der Waals surface area (Å²) in [5.41, 5.74) is -0.855. The van der Waals surface area contributed by atoms with Crippen LogP contribution in [0.3, 0.4) is 0 Å². The van der Waals surface area contributed by atoms with Crippen molar-refractivity contribution in [3.8, 4) is 0 Å². The average Bonchev–Trinajstić information content (AvgIpc) is 2.68. The van der Waals surface area contributed by atoms with Gasteiger partial charge in [-0.3, -0.25) is 14.4 Å². The Balaban J connectivity index is 2.20. The number of nitrogens with one attached hydrogen (secondary N) is 1. The normalized spacial score (nSPS) is 23.7. The zero-order chi connectivity index (χ0) is 17.0. The molecule has 2 aliphatic heterocycles. The minimum atomic E-state index is -1.59. The number of hydrogen-bond acceptors (Lipinski definition) is 3. The van der Waals surface area contributed by atoms with Gasteiger partial charge < -0.3 is 15.1 Å². The van der Waals surface area contributed by atoms with Crippen LogP contribution >= 0.6 is 0 Å². The van der Waals surface area contributed by atoms with Gasteiger partial charge in [-0.05, 0) is 26.8 Å². The van der Waals surface area contributed by atoms with E-state index in [0.29, 0.717) is 24.2 Å². The third kappa shape index (κ3) is 2.04. The molecule has 1 unspecified atom stereocenters. The molecule has 0 bridgehead atoms. The molecule has 2 aliphatic rings. The lowest BCUT2D eigenvalue weighted by Gasteiger charge is -2.44. The van der Waals surface area contributed by atoms with Crippen LogP contribution in [0, 0.1) is 0 Å². The molecule has 0 saturated carbocycles. The Hall–Kier alpha value is -2.37. The molecule has 1 atom stereocenters. The first-order valence-corrected chi connectivity index (χ1v) is 7.70. The van der Waals surface area contributed by atoms with E-state index in [-0.39, 0.29) is 11.8 Å². The molecule has 3 amide bonds. The summed E-state index contributed by atoms with van der Waals surface area (Å²) in [7, 11) is 1.64. The SMILES string of the molecule is CN1C(=O)C(C(=O)NC(C)(C)C)(N2CCC2=O)c2ccccc21. The zero-order valence-corrected chi connectivity index (χ0v) is 13.8. The van der Waals surface area contributed by atoms with Crippen LogP contribution < -0.4 is 10.2 Å². The van der Waals surface area contributed by atoms with Crippen molar-refractivity contribution < 1.29 is 14.4 Å². The Kier molecular flexibility index (Phi) is 3.25. The van der Waals surface area contributed by atoms with E-state index in [0.717, 1.165) is 0 Å². The van der Waals surface area contributed by atoms with Crippen LogP contribution in [0.5, 0.6) is 0 Å². The van der Waals surface area contributed by atoms with E-state index < -0.39 is 17.0 Å². The quantitative estimate of drug-likeness (QED) is 0.654. The van der Waals surface area contributed by atoms with Crippen LogP contribution in [0.2, 0.25) is 0 Å². The highest BCUT2D eigenvalue weighted by atomic mass is 16.2. The molecule has 1 N–H and O–H groups in total. The van der Waals surface area contributed by atoms with Gasteiger partial charge in [0, 0.05) is 31.1 Å². The van der Waals surface area contributed by atoms with Crippen molar-refractivity contribution >= 4 is 23.4 Å². The van der Waals surface area contributed by atoms with Gasteiger partial charge >= 0.3 is 0 Å². The first-order valence-electron chi connectivity index (χ1n) is 7.70. The number of fused-ring (bicyclic) bond motifs is 1. The Bertz CT molecular complexity index is 707. The summed E-state index contributed by atoms with van der Waals surface area (Å²) in [4.78, 5) is 41.2. The van der Waals surface area contributed by atoms with Gasteiger partial charge in [-0.1, -0.05) is 18.2 Å². The molecule has 3 rings (SSSR count). The minimum Gasteiger partial charge on any atom is -0.349 e. The number of hydrogen-bond donors (Lipinski definition) is 1. The van der Waals surface area contributed by atoms with Crippen molar-refractivity contribution in [2.75, 3.05) is 18.5 Å². The second-order valence-electron chi connectivity index (χ2n) is 7.09. The smallest absolute Gasteiger partial charge is 0.267 e. The molecule has 6 nitrogen and oxygen atoms in total. The number of amides is 3. The molecule has 122 valence electrons. The summed E-state index contributed by atoms with van der Waals surface area (Å²) < 4.78 is 0. The second-order valence-corrected chi connectivity index (χ2v) is 7.09. The van der Waals surface area contributed by atoms with Gasteiger partial charge in [0.15, 0.2) is 0 Å². The first-order chi connectivity index (χ1) is 10.7. The van der Waals surface area contributed by atoms with Gasteiger partial charge in [-0.2, -0.15) is 0 Å². The van der Waals surface area contributed by atoms with Crippen LogP contribution in [0.25, 0.3) is 0 Å². The second kappa shape index (κ2) is 4.81. The average molecular weight is 315 g/mol. The van der Waals surface area contributed by atoms with Crippen LogP contribution in [0.4, 0.5) is 5.69 Å². The van der Waals surface area contributed by atoms with Crippen molar-refractivity contribution in [3.05, 3.63) is 29.8 Å². The molecular weight excluding hydrogens is 294 g/mol. The number of nitrogens with zero attached hydrogens (tertiary/aromatic N) is 2. The Morgan fingerprint density at radius 1 is 1.22 bits per heavy atom. The fraction of sp³-hybridized carbons (Fsp3) is 0.471. The summed E-state index contributed by atoms with van der Waals surface area (Å²) in [5, 5.41) is 2.88. The number of carbonyl (C=O) groups is 3. The van der Waals surface area contributed by atoms with E-state index in [1.54, 1.807) is 25.2 Å². The molecule has 1 saturated heterocycles. The van der Waals surface area contributed by atoms with Gasteiger partial charge in [-0.25, -0.2) is 0 Å². The molecule has 1 fully saturated rings. The van der Waals surface area contributed by atoms with E-state index in [9.17, 15) is 14.4 Å². The van der Waals surface area contributed by atoms with E-state index >= 15 is 0 Å². The predicted octanol–water partition coefficient (Wildman–Crippen LogP) is 1.01. The number of para-hydroxylation sites is 1. The monoisotopic (exact) mass is 315 g/mol. The van der Waals surface area contributed by atoms with Crippen LogP contribution in [-0.2, 0) is 19.9 Å². The molecule has 6 heteroatoms. The van der Waals surface area contributed by atoms with Crippen LogP contribution in [-0.4, -0.2) is 41.8 Å². The largest absolute Gasteiger partial charge is 0.349 e. The highest BCUT2D eigenvalue weighted by Crippen LogP contribution is 2.46. The van der Waals surface area contributed by atoms with Gasteiger partial charge in [0.2, 0.25) is 11.4 Å². The Morgan fingerprint density at radius 2 is 1.87 bits per heavy atom. The van der Waals surface area contributed by atoms with E-state index in [4.69, 9.17) is 0 Å². The van der Waals surface area contributed by atoms with Crippen molar-refractivity contribution in [2.24, 2.45) is 0 Å². The lowest BCUT2D eigenvalue weighted by molar-refractivity contribution is -0.163. The fourth-order valence-corrected chi connectivity index (χ4v) is 3.24. The number of rotatable bonds is 2. The molecule has 1 aromatic rings. The van der Waals surface area contributed by atoms with Crippen molar-refractivity contribution in [2.45, 2.75) is 38.3 Å². The number of anilines is 1. The van der Waals surface area contributed by atoms with E-state index in [1.165, 1.54) is 9.80 Å². The Labute approximate surface area is 135 Å². The lowest BCUT2D eigenvalue weighted by Crippen LogP contribution is -2.68. The molecule has 0 spiro atoms. The predicted molar refractivity (Wildman–Crippen MR) is 85.8 cm³/mol. The molecule has 2 heterocycles. The molecule has 23 heavy (non-hydrogen) atoms. The molecule has 0 aromatic heterocycles. The molecule has 0 radical (unpaired) electrons. The highest BCUT2D eigenvalue weighted by molar-refractivity contribution is 6.23. The summed E-state index contributed by atoms with van der Waals surface area (Å²) in [5.74, 6) is -0.999. The van der Waals surface area contributed by atoms with E-state index in [2.05, 4.69) is 5.32 Å². The first kappa shape index (κ1) is 15.5. The van der Waals surface area contributed by atoms with Crippen LogP contribution in [0.15, 0.2) is 24.3 Å². The van der Waals surface area contributed by atoms with Crippen molar-refractivity contribution in [1.29, 1.82) is 0 Å². The van der Waals surface area contributed by atoms with Crippen molar-refractivity contribution in [1.82, 2.24) is 10.2 Å². The summed E-state index contributed by atoms with van der Waals surface area (Å²) in [6.07, 6.45) is 0.365. The van der Waals surface area contributed by atoms with Gasteiger partial charge in [0.1, 0.15) is 0 Å². The molecule has 1 aromatic carbocycles. The molecular formula is C17H21N3O3. The number of carbonyl (C=O) groups excluding carboxylic acids is 3. The maximum absolute atomic E-state index is 13.1.